The number of non-ortho nitro benzene ring substituents is 1. The van der Waals surface area contributed by atoms with Gasteiger partial charge in [-0.3, -0.25) is 10.1 Å². The van der Waals surface area contributed by atoms with Crippen LogP contribution in [0.2, 0.25) is 0 Å². The largest absolute Gasteiger partial charge is 0.423 e. The van der Waals surface area contributed by atoms with Crippen molar-refractivity contribution in [2.75, 3.05) is 5.32 Å². The van der Waals surface area contributed by atoms with E-state index in [1.807, 2.05) is 66.7 Å². The number of nitro benzene ring substituents is 1. The maximum absolute atomic E-state index is 13.2. The lowest BCUT2D eigenvalue weighted by atomic mass is 9.76. The molecule has 6 rings (SSSR count). The predicted molar refractivity (Wildman–Crippen MR) is 156 cm³/mol. The topological polar surface area (TPSA) is 81.5 Å². The molecule has 0 saturated heterocycles. The third-order valence-electron chi connectivity index (χ3n) is 8.34. The average Bonchev–Trinajstić information content (AvgIpc) is 3.48. The molecule has 0 unspecified atom stereocenters. The Balaban J connectivity index is 1.20. The van der Waals surface area contributed by atoms with Crippen LogP contribution in [0.25, 0.3) is 0 Å². The smallest absolute Gasteiger partial charge is 0.343 e. The first-order chi connectivity index (χ1) is 19.3. The van der Waals surface area contributed by atoms with E-state index < -0.39 is 5.97 Å². The number of nitrogens with one attached hydrogen (secondary N) is 1. The summed E-state index contributed by atoms with van der Waals surface area (Å²) in [6, 6.07) is 30.5. The van der Waals surface area contributed by atoms with Crippen LogP contribution in [0.1, 0.15) is 64.8 Å². The summed E-state index contributed by atoms with van der Waals surface area (Å²) in [4.78, 5) is 23.9. The summed E-state index contributed by atoms with van der Waals surface area (Å²) < 4.78 is 5.76. The molecular weight excluding hydrogens is 500 g/mol. The van der Waals surface area contributed by atoms with Crippen LogP contribution in [-0.2, 0) is 5.41 Å². The number of carbonyl (C=O) groups excluding carboxylic acids is 1. The number of carbonyl (C=O) groups is 1. The van der Waals surface area contributed by atoms with E-state index in [0.29, 0.717) is 11.3 Å². The maximum Gasteiger partial charge on any atom is 0.343 e. The Bertz CT molecular complexity index is 1590. The van der Waals surface area contributed by atoms with Crippen molar-refractivity contribution in [3.63, 3.8) is 0 Å². The Morgan fingerprint density at radius 2 is 1.62 bits per heavy atom. The van der Waals surface area contributed by atoms with Gasteiger partial charge < -0.3 is 10.1 Å². The molecule has 0 bridgehead atoms. The Morgan fingerprint density at radius 3 is 2.33 bits per heavy atom. The Hall–Kier alpha value is -4.71. The zero-order chi connectivity index (χ0) is 27.9. The minimum absolute atomic E-state index is 0.0183. The van der Waals surface area contributed by atoms with Crippen LogP contribution in [0.4, 0.5) is 11.4 Å². The standard InChI is InChI=1S/C34H30N2O4/c1-34(2,24-7-4-3-5-8-24)25-14-18-27(19-15-25)40-33(37)23-13-20-31-30(21-23)28-9-6-10-29(28)32(35-31)22-11-16-26(17-12-22)36(38)39/h3-9,11-21,28-29,32,35H,10H2,1-2H3/t28-,29-,32+/m1/s1. The fourth-order valence-electron chi connectivity index (χ4n) is 5.98. The number of nitrogens with zero attached hydrogens (tertiary/aromatic N) is 1. The van der Waals surface area contributed by atoms with Gasteiger partial charge >= 0.3 is 5.97 Å². The van der Waals surface area contributed by atoms with Crippen LogP contribution in [0, 0.1) is 16.0 Å². The molecule has 0 fully saturated rings. The molecule has 1 aliphatic heterocycles. The monoisotopic (exact) mass is 530 g/mol. The zero-order valence-electron chi connectivity index (χ0n) is 22.4. The van der Waals surface area contributed by atoms with E-state index in [1.54, 1.807) is 18.2 Å². The first-order valence-electron chi connectivity index (χ1n) is 13.5. The van der Waals surface area contributed by atoms with E-state index in [9.17, 15) is 14.9 Å². The Kier molecular flexibility index (Phi) is 6.46. The van der Waals surface area contributed by atoms with Crippen molar-refractivity contribution in [3.8, 4) is 5.75 Å². The number of nitro groups is 1. The quantitative estimate of drug-likeness (QED) is 0.0899. The molecule has 0 amide bonds. The van der Waals surface area contributed by atoms with Crippen molar-refractivity contribution >= 4 is 17.3 Å². The molecule has 3 atom stereocenters. The van der Waals surface area contributed by atoms with E-state index >= 15 is 0 Å². The highest BCUT2D eigenvalue weighted by atomic mass is 16.6. The molecule has 1 aliphatic carbocycles. The van der Waals surface area contributed by atoms with E-state index in [-0.39, 0.29) is 33.9 Å². The van der Waals surface area contributed by atoms with Crippen molar-refractivity contribution in [1.29, 1.82) is 0 Å². The lowest BCUT2D eigenvalue weighted by Gasteiger charge is -2.37. The molecule has 1 N–H and O–H groups in total. The van der Waals surface area contributed by atoms with E-state index in [4.69, 9.17) is 4.74 Å². The van der Waals surface area contributed by atoms with Gasteiger partial charge in [-0.25, -0.2) is 4.79 Å². The highest BCUT2D eigenvalue weighted by Crippen LogP contribution is 2.50. The minimum atomic E-state index is -0.395. The molecule has 200 valence electrons. The molecule has 0 saturated carbocycles. The number of anilines is 1. The number of esters is 1. The van der Waals surface area contributed by atoms with Crippen LogP contribution in [0.5, 0.6) is 5.75 Å². The highest BCUT2D eigenvalue weighted by molar-refractivity contribution is 5.92. The number of fused-ring (bicyclic) bond motifs is 3. The van der Waals surface area contributed by atoms with Gasteiger partial charge in [0, 0.05) is 29.2 Å². The van der Waals surface area contributed by atoms with Crippen molar-refractivity contribution in [1.82, 2.24) is 0 Å². The average molecular weight is 531 g/mol. The fourth-order valence-corrected chi connectivity index (χ4v) is 5.98. The summed E-state index contributed by atoms with van der Waals surface area (Å²) in [6.45, 7) is 4.36. The number of hydrogen-bond acceptors (Lipinski definition) is 5. The van der Waals surface area contributed by atoms with Gasteiger partial charge in [-0.15, -0.1) is 0 Å². The van der Waals surface area contributed by atoms with E-state index in [1.165, 1.54) is 5.56 Å². The summed E-state index contributed by atoms with van der Waals surface area (Å²) in [5.74, 6) is 0.503. The SMILES string of the molecule is CC(C)(c1ccccc1)c1ccc(OC(=O)c2ccc3c(c2)[C@@H]2C=CC[C@H]2[C@H](c2ccc([N+](=O)[O-])cc2)N3)cc1. The summed E-state index contributed by atoms with van der Waals surface area (Å²) in [6.07, 6.45) is 5.26. The van der Waals surface area contributed by atoms with Crippen molar-refractivity contribution in [3.05, 3.63) is 147 Å². The zero-order valence-corrected chi connectivity index (χ0v) is 22.4. The normalized spacial score (nSPS) is 19.3. The van der Waals surface area contributed by atoms with E-state index in [2.05, 4.69) is 43.4 Å². The van der Waals surface area contributed by atoms with Gasteiger partial charge in [0.1, 0.15) is 5.75 Å². The van der Waals surface area contributed by atoms with Crippen LogP contribution in [0.3, 0.4) is 0 Å². The number of benzene rings is 4. The van der Waals surface area contributed by atoms with Crippen LogP contribution >= 0.6 is 0 Å². The van der Waals surface area contributed by atoms with Gasteiger partial charge in [0.05, 0.1) is 16.5 Å². The second kappa shape index (κ2) is 10.1. The predicted octanol–water partition coefficient (Wildman–Crippen LogP) is 7.97. The van der Waals surface area contributed by atoms with Crippen LogP contribution in [-0.4, -0.2) is 10.9 Å². The molecule has 4 aromatic rings. The maximum atomic E-state index is 13.2. The molecule has 2 aliphatic rings. The Labute approximate surface area is 233 Å². The summed E-state index contributed by atoms with van der Waals surface area (Å²) in [7, 11) is 0. The molecule has 6 heteroatoms. The molecule has 6 nitrogen and oxygen atoms in total. The van der Waals surface area contributed by atoms with Gasteiger partial charge in [0.25, 0.3) is 5.69 Å². The highest BCUT2D eigenvalue weighted by Gasteiger charge is 2.38. The minimum Gasteiger partial charge on any atom is -0.423 e. The second-order valence-corrected chi connectivity index (χ2v) is 11.0. The fraction of sp³-hybridized carbons (Fsp3) is 0.206. The second-order valence-electron chi connectivity index (χ2n) is 11.0. The summed E-state index contributed by atoms with van der Waals surface area (Å²) in [5.41, 5.74) is 5.80. The first kappa shape index (κ1) is 25.6. The molecule has 0 radical (unpaired) electrons. The lowest BCUT2D eigenvalue weighted by Crippen LogP contribution is -2.29. The van der Waals surface area contributed by atoms with Gasteiger partial charge in [-0.05, 0) is 64.9 Å². The molecule has 4 aromatic carbocycles. The third kappa shape index (κ3) is 4.66. The third-order valence-corrected chi connectivity index (χ3v) is 8.34. The number of allylic oxidation sites excluding steroid dienone is 2. The van der Waals surface area contributed by atoms with E-state index in [0.717, 1.165) is 28.8 Å². The molecule has 40 heavy (non-hydrogen) atoms. The molecule has 1 heterocycles. The van der Waals surface area contributed by atoms with Gasteiger partial charge in [-0.2, -0.15) is 0 Å². The Morgan fingerprint density at radius 1 is 0.925 bits per heavy atom. The molecule has 0 spiro atoms. The lowest BCUT2D eigenvalue weighted by molar-refractivity contribution is -0.384. The summed E-state index contributed by atoms with van der Waals surface area (Å²) >= 11 is 0. The van der Waals surface area contributed by atoms with Crippen LogP contribution in [0.15, 0.2) is 109 Å². The van der Waals surface area contributed by atoms with Crippen molar-refractivity contribution < 1.29 is 14.5 Å². The summed E-state index contributed by atoms with van der Waals surface area (Å²) in [5, 5.41) is 14.7. The van der Waals surface area contributed by atoms with Crippen LogP contribution < -0.4 is 10.1 Å². The number of ether oxygens (including phenoxy) is 1. The van der Waals surface area contributed by atoms with Crippen molar-refractivity contribution in [2.24, 2.45) is 5.92 Å². The van der Waals surface area contributed by atoms with Gasteiger partial charge in [-0.1, -0.05) is 80.6 Å². The first-order valence-corrected chi connectivity index (χ1v) is 13.5. The molecule has 0 aromatic heterocycles. The van der Waals surface area contributed by atoms with Crippen molar-refractivity contribution in [2.45, 2.75) is 37.6 Å². The van der Waals surface area contributed by atoms with Gasteiger partial charge in [0.2, 0.25) is 0 Å². The van der Waals surface area contributed by atoms with Gasteiger partial charge in [0.15, 0.2) is 0 Å². The number of hydrogen-bond donors (Lipinski definition) is 1. The molecular formula is C34H30N2O4. The number of rotatable bonds is 6.